The lowest BCUT2D eigenvalue weighted by atomic mass is 10.00. The summed E-state index contributed by atoms with van der Waals surface area (Å²) >= 11 is 0. The van der Waals surface area contributed by atoms with E-state index in [9.17, 15) is 5.11 Å². The third-order valence-electron chi connectivity index (χ3n) is 3.80. The van der Waals surface area contributed by atoms with Crippen molar-refractivity contribution >= 4 is 10.8 Å². The van der Waals surface area contributed by atoms with Crippen LogP contribution in [-0.4, -0.2) is 43.4 Å². The van der Waals surface area contributed by atoms with Crippen molar-refractivity contribution in [1.82, 2.24) is 4.90 Å². The Morgan fingerprint density at radius 2 is 1.85 bits per heavy atom. The van der Waals surface area contributed by atoms with Gasteiger partial charge in [-0.15, -0.1) is 0 Å². The van der Waals surface area contributed by atoms with Crippen LogP contribution in [0.1, 0.15) is 18.6 Å². The second-order valence-corrected chi connectivity index (χ2v) is 5.33. The molecule has 0 heterocycles. The van der Waals surface area contributed by atoms with Gasteiger partial charge in [0.2, 0.25) is 0 Å². The Morgan fingerprint density at radius 1 is 1.15 bits per heavy atom. The van der Waals surface area contributed by atoms with Crippen LogP contribution in [0.5, 0.6) is 0 Å². The molecule has 2 unspecified atom stereocenters. The van der Waals surface area contributed by atoms with E-state index in [1.165, 1.54) is 0 Å². The molecule has 0 spiro atoms. The first-order chi connectivity index (χ1) is 9.63. The van der Waals surface area contributed by atoms with Crippen molar-refractivity contribution < 1.29 is 9.84 Å². The fourth-order valence-electron chi connectivity index (χ4n) is 2.46. The average Bonchev–Trinajstić information content (AvgIpc) is 2.46. The molecule has 20 heavy (non-hydrogen) atoms. The Morgan fingerprint density at radius 3 is 2.60 bits per heavy atom. The highest BCUT2D eigenvalue weighted by Gasteiger charge is 2.16. The highest BCUT2D eigenvalue weighted by atomic mass is 16.5. The molecule has 0 aromatic heterocycles. The molecule has 108 valence electrons. The van der Waals surface area contributed by atoms with Gasteiger partial charge < -0.3 is 9.84 Å². The number of fused-ring (bicyclic) bond motifs is 1. The van der Waals surface area contributed by atoms with E-state index >= 15 is 0 Å². The molecule has 2 aromatic carbocycles. The summed E-state index contributed by atoms with van der Waals surface area (Å²) in [7, 11) is 3.71. The van der Waals surface area contributed by atoms with Crippen molar-refractivity contribution in [2.45, 2.75) is 19.1 Å². The number of nitrogens with zero attached hydrogens (tertiary/aromatic N) is 1. The maximum atomic E-state index is 10.5. The highest BCUT2D eigenvalue weighted by molar-refractivity contribution is 5.85. The smallest absolute Gasteiger partial charge is 0.0922 e. The number of hydrogen-bond donors (Lipinski definition) is 1. The summed E-state index contributed by atoms with van der Waals surface area (Å²) in [6.45, 7) is 3.36. The molecule has 0 saturated heterocycles. The van der Waals surface area contributed by atoms with Gasteiger partial charge in [0.05, 0.1) is 12.7 Å². The SMILES string of the molecule is COCC(C)N(C)CC(O)c1cccc2ccccc12. The highest BCUT2D eigenvalue weighted by Crippen LogP contribution is 2.24. The largest absolute Gasteiger partial charge is 0.387 e. The van der Waals surface area contributed by atoms with Crippen LogP contribution in [0.15, 0.2) is 42.5 Å². The second-order valence-electron chi connectivity index (χ2n) is 5.33. The maximum Gasteiger partial charge on any atom is 0.0922 e. The van der Waals surface area contributed by atoms with Crippen LogP contribution in [0.25, 0.3) is 10.8 Å². The van der Waals surface area contributed by atoms with E-state index in [1.807, 2.05) is 31.3 Å². The van der Waals surface area contributed by atoms with Gasteiger partial charge in [0.15, 0.2) is 0 Å². The zero-order chi connectivity index (χ0) is 14.5. The van der Waals surface area contributed by atoms with Crippen molar-refractivity contribution in [2.75, 3.05) is 27.3 Å². The zero-order valence-electron chi connectivity index (χ0n) is 12.4. The summed E-state index contributed by atoms with van der Waals surface area (Å²) in [6.07, 6.45) is -0.495. The lowest BCUT2D eigenvalue weighted by Gasteiger charge is -2.27. The number of methoxy groups -OCH3 is 1. The van der Waals surface area contributed by atoms with Crippen LogP contribution in [0.2, 0.25) is 0 Å². The number of aliphatic hydroxyl groups excluding tert-OH is 1. The quantitative estimate of drug-likeness (QED) is 0.878. The van der Waals surface area contributed by atoms with E-state index in [1.54, 1.807) is 7.11 Å². The van der Waals surface area contributed by atoms with Gasteiger partial charge in [-0.3, -0.25) is 4.90 Å². The monoisotopic (exact) mass is 273 g/mol. The summed E-state index contributed by atoms with van der Waals surface area (Å²) < 4.78 is 5.16. The van der Waals surface area contributed by atoms with E-state index < -0.39 is 6.10 Å². The number of hydrogen-bond acceptors (Lipinski definition) is 3. The van der Waals surface area contributed by atoms with Gasteiger partial charge >= 0.3 is 0 Å². The first kappa shape index (κ1) is 15.0. The second kappa shape index (κ2) is 6.84. The van der Waals surface area contributed by atoms with Gasteiger partial charge in [0.25, 0.3) is 0 Å². The average molecular weight is 273 g/mol. The van der Waals surface area contributed by atoms with E-state index in [2.05, 4.69) is 30.0 Å². The van der Waals surface area contributed by atoms with Gasteiger partial charge in [-0.1, -0.05) is 42.5 Å². The van der Waals surface area contributed by atoms with Crippen molar-refractivity contribution in [2.24, 2.45) is 0 Å². The predicted molar refractivity (Wildman–Crippen MR) is 82.9 cm³/mol. The van der Waals surface area contributed by atoms with Crippen LogP contribution < -0.4 is 0 Å². The molecule has 2 aromatic rings. The van der Waals surface area contributed by atoms with Gasteiger partial charge in [-0.25, -0.2) is 0 Å². The molecule has 2 rings (SSSR count). The third-order valence-corrected chi connectivity index (χ3v) is 3.80. The van der Waals surface area contributed by atoms with Crippen molar-refractivity contribution in [1.29, 1.82) is 0 Å². The molecule has 0 saturated carbocycles. The number of aliphatic hydroxyl groups is 1. The zero-order valence-corrected chi connectivity index (χ0v) is 12.4. The lowest BCUT2D eigenvalue weighted by molar-refractivity contribution is 0.0714. The Labute approximate surface area is 120 Å². The molecule has 2 atom stereocenters. The van der Waals surface area contributed by atoms with Gasteiger partial charge in [-0.05, 0) is 30.3 Å². The molecule has 0 aliphatic heterocycles. The molecule has 1 N–H and O–H groups in total. The molecule has 0 fully saturated rings. The Kier molecular flexibility index (Phi) is 5.12. The fourth-order valence-corrected chi connectivity index (χ4v) is 2.46. The Bertz CT molecular complexity index is 550. The summed E-state index contributed by atoms with van der Waals surface area (Å²) in [6, 6.07) is 14.5. The minimum absolute atomic E-state index is 0.282. The molecular formula is C17H23NO2. The van der Waals surface area contributed by atoms with E-state index in [-0.39, 0.29) is 6.04 Å². The molecular weight excluding hydrogens is 250 g/mol. The molecule has 0 aliphatic rings. The van der Waals surface area contributed by atoms with E-state index in [0.717, 1.165) is 16.3 Å². The van der Waals surface area contributed by atoms with Crippen LogP contribution in [0, 0.1) is 0 Å². The van der Waals surface area contributed by atoms with Gasteiger partial charge in [-0.2, -0.15) is 0 Å². The molecule has 0 amide bonds. The molecule has 0 bridgehead atoms. The topological polar surface area (TPSA) is 32.7 Å². The summed E-state index contributed by atoms with van der Waals surface area (Å²) in [5.41, 5.74) is 0.986. The number of rotatable bonds is 6. The summed E-state index contributed by atoms with van der Waals surface area (Å²) in [5.74, 6) is 0. The van der Waals surface area contributed by atoms with Crippen molar-refractivity contribution in [3.63, 3.8) is 0 Å². The number of likely N-dealkylation sites (N-methyl/N-ethyl adjacent to an activating group) is 1. The minimum atomic E-state index is -0.495. The van der Waals surface area contributed by atoms with Gasteiger partial charge in [0, 0.05) is 19.7 Å². The lowest BCUT2D eigenvalue weighted by Crippen LogP contribution is -2.35. The predicted octanol–water partition coefficient (Wildman–Crippen LogP) is 2.84. The first-order valence-corrected chi connectivity index (χ1v) is 6.98. The maximum absolute atomic E-state index is 10.5. The van der Waals surface area contributed by atoms with Crippen LogP contribution >= 0.6 is 0 Å². The molecule has 0 radical (unpaired) electrons. The normalized spacial score (nSPS) is 14.7. The van der Waals surface area contributed by atoms with Crippen molar-refractivity contribution in [3.05, 3.63) is 48.0 Å². The standard InChI is InChI=1S/C17H23NO2/c1-13(12-20-3)18(2)11-17(19)16-10-6-8-14-7-4-5-9-15(14)16/h4-10,13,17,19H,11-12H2,1-3H3. The minimum Gasteiger partial charge on any atom is -0.387 e. The first-order valence-electron chi connectivity index (χ1n) is 6.98. The Hall–Kier alpha value is -1.42. The molecule has 0 aliphatic carbocycles. The van der Waals surface area contributed by atoms with Gasteiger partial charge in [0.1, 0.15) is 0 Å². The Balaban J connectivity index is 2.17. The van der Waals surface area contributed by atoms with E-state index in [4.69, 9.17) is 4.74 Å². The van der Waals surface area contributed by atoms with Crippen LogP contribution in [0.4, 0.5) is 0 Å². The van der Waals surface area contributed by atoms with Crippen molar-refractivity contribution in [3.8, 4) is 0 Å². The van der Waals surface area contributed by atoms with E-state index in [0.29, 0.717) is 13.2 Å². The number of benzene rings is 2. The van der Waals surface area contributed by atoms with Crippen LogP contribution in [0.3, 0.4) is 0 Å². The number of ether oxygens (including phenoxy) is 1. The van der Waals surface area contributed by atoms with Crippen LogP contribution in [-0.2, 0) is 4.74 Å². The molecule has 3 heteroatoms. The fraction of sp³-hybridized carbons (Fsp3) is 0.412. The molecule has 3 nitrogen and oxygen atoms in total. The summed E-state index contributed by atoms with van der Waals surface area (Å²) in [5, 5.41) is 12.8. The third kappa shape index (κ3) is 3.37. The summed E-state index contributed by atoms with van der Waals surface area (Å²) in [4.78, 5) is 2.12.